The third-order valence-corrected chi connectivity index (χ3v) is 6.26. The lowest BCUT2D eigenvalue weighted by Crippen LogP contribution is -2.22. The van der Waals surface area contributed by atoms with E-state index < -0.39 is 0 Å². The number of fused-ring (bicyclic) bond motifs is 1. The summed E-state index contributed by atoms with van der Waals surface area (Å²) in [5, 5.41) is 3.71. The van der Waals surface area contributed by atoms with Crippen molar-refractivity contribution in [3.63, 3.8) is 0 Å². The van der Waals surface area contributed by atoms with Crippen molar-refractivity contribution in [2.24, 2.45) is 19.1 Å². The molecular weight excluding hydrogens is 440 g/mol. The van der Waals surface area contributed by atoms with Crippen LogP contribution in [0.25, 0.3) is 16.7 Å². The highest BCUT2D eigenvalue weighted by Crippen LogP contribution is 2.33. The molecule has 1 N–H and O–H groups in total. The van der Waals surface area contributed by atoms with E-state index in [0.717, 1.165) is 29.8 Å². The molecule has 0 radical (unpaired) electrons. The molecule has 0 saturated carbocycles. The van der Waals surface area contributed by atoms with E-state index >= 15 is 0 Å². The quantitative estimate of drug-likeness (QED) is 0.437. The molecule has 8 nitrogen and oxygen atoms in total. The second-order valence-corrected chi connectivity index (χ2v) is 8.36. The zero-order valence-corrected chi connectivity index (χ0v) is 20.1. The second-order valence-electron chi connectivity index (χ2n) is 7.93. The van der Waals surface area contributed by atoms with Crippen molar-refractivity contribution in [3.05, 3.63) is 73.5 Å². The van der Waals surface area contributed by atoms with Gasteiger partial charge in [0.1, 0.15) is 0 Å². The molecule has 0 aliphatic heterocycles. The Labute approximate surface area is 196 Å². The maximum Gasteiger partial charge on any atom is 0.328 e. The van der Waals surface area contributed by atoms with Crippen molar-refractivity contribution < 1.29 is 0 Å². The van der Waals surface area contributed by atoms with Gasteiger partial charge >= 0.3 is 5.69 Å². The first kappa shape index (κ1) is 22.7. The fraction of sp³-hybridized carbons (Fsp3) is 0.292. The van der Waals surface area contributed by atoms with E-state index in [1.807, 2.05) is 19.1 Å². The normalized spacial score (nSPS) is 11.7. The number of nitrogens with zero attached hydrogens (tertiary/aromatic N) is 5. The monoisotopic (exact) mass is 466 g/mol. The first-order chi connectivity index (χ1) is 15.8. The van der Waals surface area contributed by atoms with E-state index in [4.69, 9.17) is 16.6 Å². The van der Waals surface area contributed by atoms with Crippen LogP contribution in [0.5, 0.6) is 0 Å². The minimum absolute atomic E-state index is 0.0936. The van der Waals surface area contributed by atoms with Gasteiger partial charge in [0.2, 0.25) is 0 Å². The number of nitrogens with one attached hydrogen (secondary N) is 1. The highest BCUT2D eigenvalue weighted by molar-refractivity contribution is 6.30. The number of hydrogen-bond acceptors (Lipinski definition) is 4. The van der Waals surface area contributed by atoms with E-state index in [9.17, 15) is 9.59 Å². The fourth-order valence-electron chi connectivity index (χ4n) is 4.06. The van der Waals surface area contributed by atoms with Crippen molar-refractivity contribution in [3.8, 4) is 5.69 Å². The molecule has 33 heavy (non-hydrogen) atoms. The molecule has 9 heteroatoms. The minimum Gasteiger partial charge on any atom is -0.370 e. The standard InChI is InChI=1S/C24H27ClN6O2/c1-6-30(7-2)20-13-22-21(28(4)24(33)29(22)5)12-19(20)26-14-18-15(3)27-31(23(18)32)17-10-8-16(25)9-11-17/h8-14,27H,6-7H2,1-5H3. The van der Waals surface area contributed by atoms with Gasteiger partial charge in [0.05, 0.1) is 33.7 Å². The number of imidazole rings is 1. The van der Waals surface area contributed by atoms with Crippen molar-refractivity contribution in [1.82, 2.24) is 18.9 Å². The molecule has 172 valence electrons. The number of halogens is 1. The second kappa shape index (κ2) is 8.78. The summed E-state index contributed by atoms with van der Waals surface area (Å²) in [6.45, 7) is 7.57. The van der Waals surface area contributed by atoms with Crippen LogP contribution in [-0.4, -0.2) is 38.2 Å². The van der Waals surface area contributed by atoms with Crippen molar-refractivity contribution >= 4 is 40.2 Å². The van der Waals surface area contributed by atoms with Crippen LogP contribution in [0.2, 0.25) is 5.02 Å². The molecule has 0 fully saturated rings. The molecule has 0 aliphatic carbocycles. The van der Waals surface area contributed by atoms with Crippen molar-refractivity contribution in [1.29, 1.82) is 0 Å². The van der Waals surface area contributed by atoms with Gasteiger partial charge in [-0.3, -0.25) is 24.0 Å². The lowest BCUT2D eigenvalue weighted by molar-refractivity contribution is 0.795. The Kier molecular flexibility index (Phi) is 6.03. The summed E-state index contributed by atoms with van der Waals surface area (Å²) >= 11 is 5.98. The average Bonchev–Trinajstić information content (AvgIpc) is 3.21. The number of H-pyrrole nitrogens is 1. The Hall–Kier alpha value is -3.52. The summed E-state index contributed by atoms with van der Waals surface area (Å²) in [5.74, 6) is 0. The zero-order chi connectivity index (χ0) is 23.9. The van der Waals surface area contributed by atoms with Crippen LogP contribution in [0.4, 0.5) is 11.4 Å². The fourth-order valence-corrected chi connectivity index (χ4v) is 4.19. The van der Waals surface area contributed by atoms with Crippen LogP contribution >= 0.6 is 11.6 Å². The van der Waals surface area contributed by atoms with Gasteiger partial charge in [-0.25, -0.2) is 9.48 Å². The van der Waals surface area contributed by atoms with Gasteiger partial charge in [0.15, 0.2) is 0 Å². The number of benzene rings is 2. The van der Waals surface area contributed by atoms with Crippen LogP contribution in [0.1, 0.15) is 25.1 Å². The van der Waals surface area contributed by atoms with Gasteiger partial charge < -0.3 is 4.90 Å². The van der Waals surface area contributed by atoms with Gasteiger partial charge in [-0.05, 0) is 57.2 Å². The number of aromatic amines is 1. The number of aromatic nitrogens is 4. The molecule has 0 saturated heterocycles. The largest absolute Gasteiger partial charge is 0.370 e. The van der Waals surface area contributed by atoms with Gasteiger partial charge in [0.25, 0.3) is 5.56 Å². The molecule has 2 aromatic heterocycles. The summed E-state index contributed by atoms with van der Waals surface area (Å²) < 4.78 is 4.72. The third-order valence-electron chi connectivity index (χ3n) is 6.01. The van der Waals surface area contributed by atoms with Gasteiger partial charge in [-0.1, -0.05) is 11.6 Å². The maximum absolute atomic E-state index is 13.1. The van der Waals surface area contributed by atoms with E-state index in [1.54, 1.807) is 53.7 Å². The topological polar surface area (TPSA) is 80.3 Å². The predicted molar refractivity (Wildman–Crippen MR) is 135 cm³/mol. The lowest BCUT2D eigenvalue weighted by Gasteiger charge is -2.23. The van der Waals surface area contributed by atoms with E-state index in [1.165, 1.54) is 4.68 Å². The average molecular weight is 467 g/mol. The number of hydrogen-bond donors (Lipinski definition) is 1. The number of aryl methyl sites for hydroxylation is 3. The number of aliphatic imine (C=N–C) groups is 1. The minimum atomic E-state index is -0.198. The van der Waals surface area contributed by atoms with Crippen molar-refractivity contribution in [2.75, 3.05) is 18.0 Å². The Balaban J connectivity index is 1.85. The number of rotatable bonds is 6. The molecule has 0 unspecified atom stereocenters. The zero-order valence-electron chi connectivity index (χ0n) is 19.4. The Bertz CT molecular complexity index is 1470. The molecule has 4 aromatic rings. The third kappa shape index (κ3) is 3.91. The van der Waals surface area contributed by atoms with Crippen LogP contribution < -0.4 is 16.1 Å². The smallest absolute Gasteiger partial charge is 0.328 e. The van der Waals surface area contributed by atoms with Gasteiger partial charge in [0, 0.05) is 44.1 Å². The molecule has 0 bridgehead atoms. The summed E-state index contributed by atoms with van der Waals surface area (Å²) in [7, 11) is 3.51. The summed E-state index contributed by atoms with van der Waals surface area (Å²) in [4.78, 5) is 32.5. The molecule has 0 spiro atoms. The Morgan fingerprint density at radius 1 is 1.03 bits per heavy atom. The maximum atomic E-state index is 13.1. The van der Waals surface area contributed by atoms with Crippen LogP contribution in [0.3, 0.4) is 0 Å². The van der Waals surface area contributed by atoms with Crippen LogP contribution in [0, 0.1) is 6.92 Å². The van der Waals surface area contributed by atoms with Crippen LogP contribution in [-0.2, 0) is 14.1 Å². The van der Waals surface area contributed by atoms with Crippen molar-refractivity contribution in [2.45, 2.75) is 20.8 Å². The molecule has 4 rings (SSSR count). The Morgan fingerprint density at radius 3 is 2.24 bits per heavy atom. The van der Waals surface area contributed by atoms with Crippen LogP contribution in [0.15, 0.2) is 51.0 Å². The van der Waals surface area contributed by atoms with E-state index in [-0.39, 0.29) is 11.2 Å². The molecule has 2 heterocycles. The summed E-state index contributed by atoms with van der Waals surface area (Å²) in [6.07, 6.45) is 1.59. The number of anilines is 1. The molecule has 0 aliphatic rings. The first-order valence-electron chi connectivity index (χ1n) is 10.8. The van der Waals surface area contributed by atoms with Gasteiger partial charge in [-0.2, -0.15) is 0 Å². The van der Waals surface area contributed by atoms with E-state index in [0.29, 0.717) is 27.7 Å². The van der Waals surface area contributed by atoms with E-state index in [2.05, 4.69) is 23.8 Å². The SMILES string of the molecule is CCN(CC)c1cc2c(cc1N=Cc1c(C)[nH]n(-c3ccc(Cl)cc3)c1=O)n(C)c(=O)n2C. The molecular formula is C24H27ClN6O2. The summed E-state index contributed by atoms with van der Waals surface area (Å²) in [6, 6.07) is 10.9. The summed E-state index contributed by atoms with van der Waals surface area (Å²) in [5.41, 5.74) is 4.81. The first-order valence-corrected chi connectivity index (χ1v) is 11.2. The molecule has 2 aromatic carbocycles. The molecule has 0 atom stereocenters. The molecule has 0 amide bonds. The highest BCUT2D eigenvalue weighted by atomic mass is 35.5. The predicted octanol–water partition coefficient (Wildman–Crippen LogP) is 3.91. The lowest BCUT2D eigenvalue weighted by atomic mass is 10.2. The van der Waals surface area contributed by atoms with Gasteiger partial charge in [-0.15, -0.1) is 0 Å². The Morgan fingerprint density at radius 2 is 1.64 bits per heavy atom. The highest BCUT2D eigenvalue weighted by Gasteiger charge is 2.16.